The molecule has 2 N–H and O–H groups in total. The molecule has 8 heteroatoms. The highest BCUT2D eigenvalue weighted by atomic mass is 127. The molecule has 0 aliphatic rings. The Labute approximate surface area is 175 Å². The topological polar surface area (TPSA) is 75.3 Å². The van der Waals surface area contributed by atoms with Gasteiger partial charge in [0.05, 0.1) is 15.6 Å². The predicted octanol–water partition coefficient (Wildman–Crippen LogP) is 5.00. The minimum absolute atomic E-state index is 0.0645. The van der Waals surface area contributed by atoms with Crippen LogP contribution >= 0.6 is 34.2 Å². The van der Waals surface area contributed by atoms with Crippen molar-refractivity contribution in [3.05, 3.63) is 87.0 Å². The molecule has 0 heterocycles. The zero-order valence-electron chi connectivity index (χ0n) is 13.8. The van der Waals surface area contributed by atoms with Gasteiger partial charge in [0.25, 0.3) is 15.9 Å². The Balaban J connectivity index is 1.73. The molecule has 0 saturated carbocycles. The van der Waals surface area contributed by atoms with Crippen molar-refractivity contribution in [2.45, 2.75) is 4.90 Å². The zero-order chi connectivity index (χ0) is 19.4. The number of hydrogen-bond donors (Lipinski definition) is 2. The summed E-state index contributed by atoms with van der Waals surface area (Å²) in [5.41, 5.74) is 1.32. The van der Waals surface area contributed by atoms with Crippen LogP contribution in [0.25, 0.3) is 0 Å². The molecule has 0 aromatic heterocycles. The number of para-hydroxylation sites is 1. The van der Waals surface area contributed by atoms with E-state index in [1.165, 1.54) is 24.3 Å². The van der Waals surface area contributed by atoms with Crippen molar-refractivity contribution in [2.75, 3.05) is 10.0 Å². The summed E-state index contributed by atoms with van der Waals surface area (Å²) in [6.45, 7) is 0. The lowest BCUT2D eigenvalue weighted by Crippen LogP contribution is -2.14. The smallest absolute Gasteiger partial charge is 0.261 e. The molecule has 138 valence electrons. The molecule has 0 bridgehead atoms. The first-order chi connectivity index (χ1) is 12.8. The number of halogens is 2. The van der Waals surface area contributed by atoms with E-state index in [9.17, 15) is 13.2 Å². The van der Waals surface area contributed by atoms with Crippen LogP contribution < -0.4 is 10.0 Å². The van der Waals surface area contributed by atoms with Crippen LogP contribution in [0.5, 0.6) is 0 Å². The lowest BCUT2D eigenvalue weighted by Gasteiger charge is -2.10. The van der Waals surface area contributed by atoms with Gasteiger partial charge in [0.1, 0.15) is 0 Å². The Hall–Kier alpha value is -2.10. The summed E-state index contributed by atoms with van der Waals surface area (Å²) in [4.78, 5) is 12.3. The van der Waals surface area contributed by atoms with E-state index in [1.807, 2.05) is 12.1 Å². The molecule has 0 unspecified atom stereocenters. The maximum Gasteiger partial charge on any atom is 0.261 e. The van der Waals surface area contributed by atoms with Gasteiger partial charge in [-0.3, -0.25) is 9.52 Å². The van der Waals surface area contributed by atoms with E-state index in [0.717, 1.165) is 3.57 Å². The molecule has 0 atom stereocenters. The van der Waals surface area contributed by atoms with Gasteiger partial charge in [0.15, 0.2) is 0 Å². The maximum absolute atomic E-state index is 12.5. The quantitative estimate of drug-likeness (QED) is 0.473. The van der Waals surface area contributed by atoms with E-state index in [4.69, 9.17) is 11.6 Å². The highest BCUT2D eigenvalue weighted by Crippen LogP contribution is 2.24. The number of hydrogen-bond acceptors (Lipinski definition) is 3. The lowest BCUT2D eigenvalue weighted by atomic mass is 10.2. The van der Waals surface area contributed by atoms with Crippen LogP contribution in [0.15, 0.2) is 77.7 Å². The molecule has 0 aliphatic heterocycles. The van der Waals surface area contributed by atoms with Crippen molar-refractivity contribution in [1.29, 1.82) is 0 Å². The minimum atomic E-state index is -3.79. The number of rotatable bonds is 5. The van der Waals surface area contributed by atoms with Crippen molar-refractivity contribution < 1.29 is 13.2 Å². The van der Waals surface area contributed by atoms with Crippen LogP contribution in [-0.2, 0) is 10.0 Å². The number of amides is 1. The Bertz CT molecular complexity index is 1070. The Morgan fingerprint density at radius 1 is 0.889 bits per heavy atom. The Kier molecular flexibility index (Phi) is 6.03. The third-order valence-corrected chi connectivity index (χ3v) is 6.08. The average molecular weight is 513 g/mol. The molecule has 3 rings (SSSR count). The van der Waals surface area contributed by atoms with Gasteiger partial charge in [-0.05, 0) is 83.3 Å². The summed E-state index contributed by atoms with van der Waals surface area (Å²) in [5, 5.41) is 3.05. The number of nitrogens with one attached hydrogen (secondary N) is 2. The first kappa shape index (κ1) is 19.7. The molecule has 1 amide bonds. The number of sulfonamides is 1. The number of benzene rings is 3. The summed E-state index contributed by atoms with van der Waals surface area (Å²) in [5.74, 6) is -0.267. The average Bonchev–Trinajstić information content (AvgIpc) is 2.64. The minimum Gasteiger partial charge on any atom is -0.322 e. The van der Waals surface area contributed by atoms with E-state index in [1.54, 1.807) is 36.4 Å². The summed E-state index contributed by atoms with van der Waals surface area (Å²) in [7, 11) is -3.79. The maximum atomic E-state index is 12.5. The predicted molar refractivity (Wildman–Crippen MR) is 116 cm³/mol. The SMILES string of the molecule is O=C(Nc1ccc(S(=O)(=O)Nc2ccccc2Cl)cc1)c1ccc(I)cc1. The first-order valence-corrected chi connectivity index (χ1v) is 10.7. The fraction of sp³-hybridized carbons (Fsp3) is 0. The third kappa shape index (κ3) is 5.00. The van der Waals surface area contributed by atoms with Gasteiger partial charge in [-0.25, -0.2) is 8.42 Å². The van der Waals surface area contributed by atoms with Crippen molar-refractivity contribution in [2.24, 2.45) is 0 Å². The summed E-state index contributed by atoms with van der Waals surface area (Å²) < 4.78 is 28.4. The van der Waals surface area contributed by atoms with Crippen molar-refractivity contribution in [1.82, 2.24) is 0 Å². The second kappa shape index (κ2) is 8.28. The Morgan fingerprint density at radius 2 is 1.52 bits per heavy atom. The number of anilines is 2. The second-order valence-electron chi connectivity index (χ2n) is 5.57. The molecular weight excluding hydrogens is 499 g/mol. The van der Waals surface area contributed by atoms with E-state index in [0.29, 0.717) is 22.0 Å². The van der Waals surface area contributed by atoms with Crippen LogP contribution in [0.4, 0.5) is 11.4 Å². The normalized spacial score (nSPS) is 11.0. The summed E-state index contributed by atoms with van der Waals surface area (Å²) in [6, 6.07) is 19.6. The molecule has 0 fully saturated rings. The van der Waals surface area contributed by atoms with Gasteiger partial charge in [0.2, 0.25) is 0 Å². The first-order valence-electron chi connectivity index (χ1n) is 7.79. The molecule has 0 aliphatic carbocycles. The second-order valence-corrected chi connectivity index (χ2v) is 8.91. The number of carbonyl (C=O) groups excluding carboxylic acids is 1. The highest BCUT2D eigenvalue weighted by Gasteiger charge is 2.16. The van der Waals surface area contributed by atoms with E-state index in [2.05, 4.69) is 32.6 Å². The largest absolute Gasteiger partial charge is 0.322 e. The zero-order valence-corrected chi connectivity index (χ0v) is 17.5. The fourth-order valence-electron chi connectivity index (χ4n) is 2.27. The standard InChI is InChI=1S/C19H14ClIN2O3S/c20-17-3-1-2-4-18(17)23-27(25,26)16-11-9-15(10-12-16)22-19(24)13-5-7-14(21)8-6-13/h1-12,23H,(H,22,24). The molecule has 0 spiro atoms. The highest BCUT2D eigenvalue weighted by molar-refractivity contribution is 14.1. The summed E-state index contributed by atoms with van der Waals surface area (Å²) >= 11 is 8.15. The molecule has 3 aromatic carbocycles. The van der Waals surface area contributed by atoms with Crippen LogP contribution in [0.2, 0.25) is 5.02 Å². The molecule has 5 nitrogen and oxygen atoms in total. The lowest BCUT2D eigenvalue weighted by molar-refractivity contribution is 0.102. The van der Waals surface area contributed by atoms with Gasteiger partial charge in [-0.2, -0.15) is 0 Å². The van der Waals surface area contributed by atoms with Crippen LogP contribution in [0.1, 0.15) is 10.4 Å². The van der Waals surface area contributed by atoms with E-state index < -0.39 is 10.0 Å². The van der Waals surface area contributed by atoms with Gasteiger partial charge in [0, 0.05) is 14.8 Å². The van der Waals surface area contributed by atoms with E-state index in [-0.39, 0.29) is 10.8 Å². The van der Waals surface area contributed by atoms with Crippen molar-refractivity contribution in [3.8, 4) is 0 Å². The summed E-state index contributed by atoms with van der Waals surface area (Å²) in [6.07, 6.45) is 0. The fourth-order valence-corrected chi connectivity index (χ4v) is 3.95. The molecule has 0 radical (unpaired) electrons. The molecule has 0 saturated heterocycles. The third-order valence-electron chi connectivity index (χ3n) is 3.65. The van der Waals surface area contributed by atoms with Crippen LogP contribution in [-0.4, -0.2) is 14.3 Å². The molecule has 3 aromatic rings. The van der Waals surface area contributed by atoms with Gasteiger partial charge >= 0.3 is 0 Å². The van der Waals surface area contributed by atoms with Gasteiger partial charge in [-0.15, -0.1) is 0 Å². The Morgan fingerprint density at radius 3 is 2.15 bits per heavy atom. The molecule has 27 heavy (non-hydrogen) atoms. The van der Waals surface area contributed by atoms with Gasteiger partial charge < -0.3 is 5.32 Å². The van der Waals surface area contributed by atoms with Crippen molar-refractivity contribution in [3.63, 3.8) is 0 Å². The van der Waals surface area contributed by atoms with Gasteiger partial charge in [-0.1, -0.05) is 23.7 Å². The van der Waals surface area contributed by atoms with Crippen molar-refractivity contribution >= 4 is 61.5 Å². The monoisotopic (exact) mass is 512 g/mol. The van der Waals surface area contributed by atoms with E-state index >= 15 is 0 Å². The number of carbonyl (C=O) groups is 1. The van der Waals surface area contributed by atoms with Crippen LogP contribution in [0.3, 0.4) is 0 Å². The van der Waals surface area contributed by atoms with Crippen LogP contribution in [0, 0.1) is 3.57 Å². The molecular formula is C19H14ClIN2O3S.